The SMILES string of the molecule is NCCCCCC(=O)N(C(=O)c1ccccc1)C(Cc1c[nH]cn1)C(=O)O. The maximum Gasteiger partial charge on any atom is 0.327 e. The fourth-order valence-corrected chi connectivity index (χ4v) is 2.76. The van der Waals surface area contributed by atoms with Crippen LogP contribution >= 0.6 is 0 Å². The number of benzene rings is 1. The minimum Gasteiger partial charge on any atom is -0.480 e. The lowest BCUT2D eigenvalue weighted by atomic mass is 10.1. The molecule has 1 atom stereocenters. The molecule has 0 aliphatic rings. The van der Waals surface area contributed by atoms with Gasteiger partial charge in [0.1, 0.15) is 6.04 Å². The molecule has 4 N–H and O–H groups in total. The van der Waals surface area contributed by atoms with Gasteiger partial charge in [0, 0.05) is 24.6 Å². The molecule has 0 radical (unpaired) electrons. The van der Waals surface area contributed by atoms with Gasteiger partial charge >= 0.3 is 5.97 Å². The van der Waals surface area contributed by atoms with E-state index in [0.29, 0.717) is 18.7 Å². The first-order valence-electron chi connectivity index (χ1n) is 8.86. The van der Waals surface area contributed by atoms with Crippen LogP contribution in [-0.2, 0) is 16.0 Å². The van der Waals surface area contributed by atoms with E-state index in [4.69, 9.17) is 5.73 Å². The number of imidazole rings is 1. The van der Waals surface area contributed by atoms with Crippen LogP contribution in [0.25, 0.3) is 0 Å². The van der Waals surface area contributed by atoms with E-state index < -0.39 is 23.8 Å². The Bertz CT molecular complexity index is 746. The number of nitrogens with zero attached hydrogens (tertiary/aromatic N) is 2. The van der Waals surface area contributed by atoms with Crippen molar-refractivity contribution in [3.8, 4) is 0 Å². The number of aliphatic carboxylic acids is 1. The summed E-state index contributed by atoms with van der Waals surface area (Å²) in [5.74, 6) is -2.39. The molecule has 0 saturated carbocycles. The number of imide groups is 1. The maximum atomic E-state index is 12.9. The molecule has 8 nitrogen and oxygen atoms in total. The molecule has 1 aromatic heterocycles. The van der Waals surface area contributed by atoms with Gasteiger partial charge in [0.2, 0.25) is 5.91 Å². The molecule has 0 aliphatic heterocycles. The number of nitrogens with two attached hydrogens (primary N) is 1. The number of amides is 2. The van der Waals surface area contributed by atoms with Gasteiger partial charge in [0.15, 0.2) is 0 Å². The molecule has 2 amide bonds. The highest BCUT2D eigenvalue weighted by Crippen LogP contribution is 2.16. The number of rotatable bonds is 10. The molecule has 1 heterocycles. The first-order chi connectivity index (χ1) is 13.0. The number of carbonyl (C=O) groups is 3. The van der Waals surface area contributed by atoms with Crippen LogP contribution in [0, 0.1) is 0 Å². The zero-order valence-electron chi connectivity index (χ0n) is 15.0. The van der Waals surface area contributed by atoms with Crippen molar-refractivity contribution in [1.82, 2.24) is 14.9 Å². The molecule has 0 aliphatic carbocycles. The minimum atomic E-state index is -1.33. The Morgan fingerprint density at radius 1 is 1.15 bits per heavy atom. The summed E-state index contributed by atoms with van der Waals surface area (Å²) in [6.45, 7) is 0.526. The van der Waals surface area contributed by atoms with Crippen LogP contribution < -0.4 is 5.73 Å². The van der Waals surface area contributed by atoms with Crippen molar-refractivity contribution in [3.05, 3.63) is 54.1 Å². The third-order valence-corrected chi connectivity index (χ3v) is 4.16. The van der Waals surface area contributed by atoms with E-state index in [1.807, 2.05) is 0 Å². The van der Waals surface area contributed by atoms with Gasteiger partial charge in [0.05, 0.1) is 12.0 Å². The Morgan fingerprint density at radius 2 is 1.89 bits per heavy atom. The molecular weight excluding hydrogens is 348 g/mol. The summed E-state index contributed by atoms with van der Waals surface area (Å²) >= 11 is 0. The van der Waals surface area contributed by atoms with Crippen molar-refractivity contribution in [2.24, 2.45) is 5.73 Å². The lowest BCUT2D eigenvalue weighted by Gasteiger charge is -2.27. The number of aromatic nitrogens is 2. The predicted octanol–water partition coefficient (Wildman–Crippen LogP) is 1.59. The van der Waals surface area contributed by atoms with E-state index in [0.717, 1.165) is 17.7 Å². The van der Waals surface area contributed by atoms with E-state index in [-0.39, 0.29) is 18.4 Å². The number of nitrogens with one attached hydrogen (secondary N) is 1. The summed E-state index contributed by atoms with van der Waals surface area (Å²) in [5, 5.41) is 9.70. The van der Waals surface area contributed by atoms with E-state index in [2.05, 4.69) is 9.97 Å². The van der Waals surface area contributed by atoms with E-state index >= 15 is 0 Å². The van der Waals surface area contributed by atoms with Gasteiger partial charge in [0.25, 0.3) is 5.91 Å². The predicted molar refractivity (Wildman–Crippen MR) is 98.9 cm³/mol. The molecular formula is C19H24N4O4. The summed E-state index contributed by atoms with van der Waals surface area (Å²) < 4.78 is 0. The van der Waals surface area contributed by atoms with E-state index in [1.165, 1.54) is 6.33 Å². The monoisotopic (exact) mass is 372 g/mol. The van der Waals surface area contributed by atoms with Crippen molar-refractivity contribution in [2.75, 3.05) is 6.54 Å². The zero-order valence-corrected chi connectivity index (χ0v) is 15.0. The van der Waals surface area contributed by atoms with Crippen LogP contribution in [-0.4, -0.2) is 50.3 Å². The van der Waals surface area contributed by atoms with Crippen molar-refractivity contribution in [2.45, 2.75) is 38.1 Å². The number of H-pyrrole nitrogens is 1. The van der Waals surface area contributed by atoms with Crippen LogP contribution in [0.15, 0.2) is 42.9 Å². The van der Waals surface area contributed by atoms with E-state index in [1.54, 1.807) is 36.5 Å². The van der Waals surface area contributed by atoms with Crippen molar-refractivity contribution in [3.63, 3.8) is 0 Å². The van der Waals surface area contributed by atoms with Gasteiger partial charge in [-0.25, -0.2) is 9.78 Å². The molecule has 1 unspecified atom stereocenters. The van der Waals surface area contributed by atoms with Gasteiger partial charge < -0.3 is 15.8 Å². The molecule has 2 rings (SSSR count). The summed E-state index contributed by atoms with van der Waals surface area (Å²) in [7, 11) is 0. The molecule has 0 bridgehead atoms. The fraction of sp³-hybridized carbons (Fsp3) is 0.368. The van der Waals surface area contributed by atoms with Crippen LogP contribution in [0.3, 0.4) is 0 Å². The van der Waals surface area contributed by atoms with Crippen LogP contribution in [0.2, 0.25) is 0 Å². The topological polar surface area (TPSA) is 129 Å². The smallest absolute Gasteiger partial charge is 0.327 e. The Balaban J connectivity index is 2.27. The maximum absolute atomic E-state index is 12.9. The quantitative estimate of drug-likeness (QED) is 0.543. The summed E-state index contributed by atoms with van der Waals surface area (Å²) in [6, 6.07) is 6.87. The second kappa shape index (κ2) is 10.2. The highest BCUT2D eigenvalue weighted by molar-refractivity contribution is 6.07. The number of carbonyl (C=O) groups excluding carboxylic acids is 2. The lowest BCUT2D eigenvalue weighted by molar-refractivity contribution is -0.148. The molecule has 1 aromatic carbocycles. The highest BCUT2D eigenvalue weighted by Gasteiger charge is 2.35. The summed E-state index contributed by atoms with van der Waals surface area (Å²) in [6.07, 6.45) is 5.06. The Hall–Kier alpha value is -3.00. The van der Waals surface area contributed by atoms with Crippen molar-refractivity contribution >= 4 is 17.8 Å². The minimum absolute atomic E-state index is 0.0635. The molecule has 0 saturated heterocycles. The Morgan fingerprint density at radius 3 is 2.48 bits per heavy atom. The molecule has 27 heavy (non-hydrogen) atoms. The average Bonchev–Trinajstić information content (AvgIpc) is 3.18. The number of unbranched alkanes of at least 4 members (excludes halogenated alkanes) is 2. The average molecular weight is 372 g/mol. The summed E-state index contributed by atoms with van der Waals surface area (Å²) in [5.41, 5.74) is 6.18. The second-order valence-electron chi connectivity index (χ2n) is 6.15. The van der Waals surface area contributed by atoms with Gasteiger partial charge in [-0.15, -0.1) is 0 Å². The summed E-state index contributed by atoms with van der Waals surface area (Å²) in [4.78, 5) is 45.2. The van der Waals surface area contributed by atoms with Crippen molar-refractivity contribution in [1.29, 1.82) is 0 Å². The van der Waals surface area contributed by atoms with Gasteiger partial charge in [-0.1, -0.05) is 24.6 Å². The second-order valence-corrected chi connectivity index (χ2v) is 6.15. The third kappa shape index (κ3) is 5.75. The third-order valence-electron chi connectivity index (χ3n) is 4.16. The number of carboxylic acids is 1. The number of hydrogen-bond donors (Lipinski definition) is 3. The number of carboxylic acid groups (broad SMARTS) is 1. The first-order valence-corrected chi connectivity index (χ1v) is 8.86. The number of aromatic amines is 1. The largest absolute Gasteiger partial charge is 0.480 e. The highest BCUT2D eigenvalue weighted by atomic mass is 16.4. The van der Waals surface area contributed by atoms with Crippen LogP contribution in [0.5, 0.6) is 0 Å². The van der Waals surface area contributed by atoms with Gasteiger partial charge in [-0.2, -0.15) is 0 Å². The van der Waals surface area contributed by atoms with Gasteiger partial charge in [-0.05, 0) is 31.5 Å². The van der Waals surface area contributed by atoms with Crippen LogP contribution in [0.1, 0.15) is 41.7 Å². The zero-order chi connectivity index (χ0) is 19.6. The molecule has 0 fully saturated rings. The normalized spacial score (nSPS) is 11.7. The van der Waals surface area contributed by atoms with Crippen LogP contribution in [0.4, 0.5) is 0 Å². The van der Waals surface area contributed by atoms with Crippen molar-refractivity contribution < 1.29 is 19.5 Å². The van der Waals surface area contributed by atoms with E-state index in [9.17, 15) is 19.5 Å². The molecule has 2 aromatic rings. The standard InChI is InChI=1S/C19H24N4O4/c20-10-6-2-5-9-17(24)23(18(25)14-7-3-1-4-8-14)16(19(26)27)11-15-12-21-13-22-15/h1,3-4,7-8,12-13,16H,2,5-6,9-11,20H2,(H,21,22)(H,26,27). The fourth-order valence-electron chi connectivity index (χ4n) is 2.76. The molecule has 0 spiro atoms. The number of hydrogen-bond acceptors (Lipinski definition) is 5. The molecule has 8 heteroatoms. The lowest BCUT2D eigenvalue weighted by Crippen LogP contribution is -2.49. The molecule has 144 valence electrons. The first kappa shape index (κ1) is 20.3. The Kier molecular flexibility index (Phi) is 7.69. The Labute approximate surface area is 157 Å². The van der Waals surface area contributed by atoms with Gasteiger partial charge in [-0.3, -0.25) is 14.5 Å².